The van der Waals surface area contributed by atoms with Gasteiger partial charge in [-0.15, -0.1) is 5.10 Å². The van der Waals surface area contributed by atoms with E-state index in [1.807, 2.05) is 0 Å². The summed E-state index contributed by atoms with van der Waals surface area (Å²) in [7, 11) is 0. The number of aromatic amines is 1. The molecule has 9 heteroatoms. The molecule has 1 heterocycles. The molecule has 1 aliphatic carbocycles. The Morgan fingerprint density at radius 1 is 1.48 bits per heavy atom. The number of para-hydroxylation sites is 1. The molecule has 3 N–H and O–H groups in total. The van der Waals surface area contributed by atoms with Gasteiger partial charge in [0.1, 0.15) is 11.6 Å². The standard InChI is InChI=1S/C12H11N5O4/c18-8-3-1-2-7(17(20)21)9(8)13-12(19)11-14-10(15-16-11)6-4-5-6/h1-3,6,18H,4-5H2,(H,13,19)(H,14,15,16). The number of carbonyl (C=O) groups is 1. The highest BCUT2D eigenvalue weighted by Crippen LogP contribution is 2.38. The number of benzene rings is 1. The van der Waals surface area contributed by atoms with Crippen LogP contribution in [0.4, 0.5) is 11.4 Å². The quantitative estimate of drug-likeness (QED) is 0.444. The highest BCUT2D eigenvalue weighted by molar-refractivity contribution is 6.03. The van der Waals surface area contributed by atoms with E-state index in [9.17, 15) is 20.0 Å². The number of phenolic OH excluding ortho intramolecular Hbond substituents is 1. The molecule has 21 heavy (non-hydrogen) atoms. The number of carbonyl (C=O) groups excluding carboxylic acids is 1. The van der Waals surface area contributed by atoms with Crippen LogP contribution in [0.2, 0.25) is 0 Å². The highest BCUT2D eigenvalue weighted by Gasteiger charge is 2.29. The number of anilines is 1. The summed E-state index contributed by atoms with van der Waals surface area (Å²) in [5.41, 5.74) is -0.674. The lowest BCUT2D eigenvalue weighted by atomic mass is 10.2. The maximum atomic E-state index is 12.0. The smallest absolute Gasteiger partial charge is 0.296 e. The summed E-state index contributed by atoms with van der Waals surface area (Å²) in [6, 6.07) is 3.75. The second kappa shape index (κ2) is 4.85. The summed E-state index contributed by atoms with van der Waals surface area (Å²) in [5, 5.41) is 29.3. The van der Waals surface area contributed by atoms with Gasteiger partial charge in [0.15, 0.2) is 5.69 Å². The van der Waals surface area contributed by atoms with Crippen molar-refractivity contribution < 1.29 is 14.8 Å². The number of nitro groups is 1. The minimum Gasteiger partial charge on any atom is -0.505 e. The van der Waals surface area contributed by atoms with Crippen LogP contribution < -0.4 is 5.32 Å². The largest absolute Gasteiger partial charge is 0.505 e. The Labute approximate surface area is 118 Å². The molecular weight excluding hydrogens is 278 g/mol. The van der Waals surface area contributed by atoms with E-state index in [2.05, 4.69) is 20.5 Å². The number of aromatic nitrogens is 3. The van der Waals surface area contributed by atoms with Gasteiger partial charge in [-0.3, -0.25) is 20.0 Å². The van der Waals surface area contributed by atoms with Crippen molar-refractivity contribution in [3.63, 3.8) is 0 Å². The van der Waals surface area contributed by atoms with E-state index < -0.39 is 22.3 Å². The molecule has 1 aromatic carbocycles. The van der Waals surface area contributed by atoms with Gasteiger partial charge < -0.3 is 10.4 Å². The van der Waals surface area contributed by atoms with E-state index in [1.54, 1.807) is 0 Å². The van der Waals surface area contributed by atoms with E-state index in [0.717, 1.165) is 12.8 Å². The molecule has 1 aliphatic rings. The molecule has 0 radical (unpaired) electrons. The number of hydrogen-bond donors (Lipinski definition) is 3. The Kier molecular flexibility index (Phi) is 3.01. The number of nitro benzene ring substituents is 1. The van der Waals surface area contributed by atoms with Crippen molar-refractivity contribution in [2.75, 3.05) is 5.32 Å². The molecule has 0 saturated heterocycles. The Bertz CT molecular complexity index is 722. The van der Waals surface area contributed by atoms with Crippen LogP contribution >= 0.6 is 0 Å². The van der Waals surface area contributed by atoms with Crippen molar-refractivity contribution in [1.29, 1.82) is 0 Å². The fourth-order valence-corrected chi connectivity index (χ4v) is 1.89. The Hall–Kier alpha value is -2.97. The van der Waals surface area contributed by atoms with Crippen LogP contribution in [0, 0.1) is 10.1 Å². The van der Waals surface area contributed by atoms with Crippen LogP contribution in [0.25, 0.3) is 0 Å². The molecule has 0 spiro atoms. The summed E-state index contributed by atoms with van der Waals surface area (Å²) in [5.74, 6) is -0.293. The third-order valence-corrected chi connectivity index (χ3v) is 3.13. The normalized spacial score (nSPS) is 13.9. The molecule has 2 aromatic rings. The molecule has 3 rings (SSSR count). The molecule has 0 aliphatic heterocycles. The van der Waals surface area contributed by atoms with Crippen molar-refractivity contribution >= 4 is 17.3 Å². The molecule has 9 nitrogen and oxygen atoms in total. The van der Waals surface area contributed by atoms with Crippen LogP contribution in [-0.4, -0.2) is 31.1 Å². The lowest BCUT2D eigenvalue weighted by Crippen LogP contribution is -2.15. The van der Waals surface area contributed by atoms with Gasteiger partial charge in [-0.1, -0.05) is 6.07 Å². The predicted octanol–water partition coefficient (Wildman–Crippen LogP) is 1.55. The molecule has 0 atom stereocenters. The summed E-state index contributed by atoms with van der Waals surface area (Å²) >= 11 is 0. The zero-order chi connectivity index (χ0) is 15.0. The summed E-state index contributed by atoms with van der Waals surface area (Å²) in [6.45, 7) is 0. The lowest BCUT2D eigenvalue weighted by Gasteiger charge is -2.05. The Morgan fingerprint density at radius 3 is 2.90 bits per heavy atom. The van der Waals surface area contributed by atoms with Gasteiger partial charge in [-0.25, -0.2) is 4.98 Å². The van der Waals surface area contributed by atoms with Crippen LogP contribution in [0.3, 0.4) is 0 Å². The third kappa shape index (κ3) is 2.53. The van der Waals surface area contributed by atoms with E-state index in [-0.39, 0.29) is 11.5 Å². The zero-order valence-corrected chi connectivity index (χ0v) is 10.7. The first-order valence-corrected chi connectivity index (χ1v) is 6.26. The molecule has 1 fully saturated rings. The van der Waals surface area contributed by atoms with Crippen LogP contribution in [0.15, 0.2) is 18.2 Å². The number of phenols is 1. The van der Waals surface area contributed by atoms with Crippen LogP contribution in [0.5, 0.6) is 5.75 Å². The van der Waals surface area contributed by atoms with Gasteiger partial charge in [0.2, 0.25) is 5.82 Å². The average Bonchev–Trinajstić information content (AvgIpc) is 3.18. The first-order valence-electron chi connectivity index (χ1n) is 6.26. The van der Waals surface area contributed by atoms with E-state index in [4.69, 9.17) is 0 Å². The van der Waals surface area contributed by atoms with Crippen molar-refractivity contribution in [2.45, 2.75) is 18.8 Å². The third-order valence-electron chi connectivity index (χ3n) is 3.13. The van der Waals surface area contributed by atoms with Crippen molar-refractivity contribution in [3.05, 3.63) is 40.0 Å². The van der Waals surface area contributed by atoms with Gasteiger partial charge >= 0.3 is 0 Å². The number of aromatic hydroxyl groups is 1. The molecule has 1 amide bonds. The summed E-state index contributed by atoms with van der Waals surface area (Å²) in [6.07, 6.45) is 2.00. The fraction of sp³-hybridized carbons (Fsp3) is 0.250. The second-order valence-electron chi connectivity index (χ2n) is 4.70. The van der Waals surface area contributed by atoms with Gasteiger partial charge in [-0.05, 0) is 18.9 Å². The number of rotatable bonds is 4. The van der Waals surface area contributed by atoms with Gasteiger partial charge in [0.25, 0.3) is 11.6 Å². The highest BCUT2D eigenvalue weighted by atomic mass is 16.6. The molecule has 1 saturated carbocycles. The predicted molar refractivity (Wildman–Crippen MR) is 71.1 cm³/mol. The van der Waals surface area contributed by atoms with E-state index in [0.29, 0.717) is 11.7 Å². The first kappa shape index (κ1) is 13.0. The molecular formula is C12H11N5O4. The van der Waals surface area contributed by atoms with E-state index in [1.165, 1.54) is 18.2 Å². The first-order chi connectivity index (χ1) is 10.1. The van der Waals surface area contributed by atoms with Crippen LogP contribution in [-0.2, 0) is 0 Å². The van der Waals surface area contributed by atoms with Gasteiger partial charge in [0.05, 0.1) is 4.92 Å². The topological polar surface area (TPSA) is 134 Å². The minimum atomic E-state index is -0.720. The number of nitrogens with zero attached hydrogens (tertiary/aromatic N) is 3. The van der Waals surface area contributed by atoms with Crippen molar-refractivity contribution in [2.24, 2.45) is 0 Å². The molecule has 1 aromatic heterocycles. The van der Waals surface area contributed by atoms with Crippen molar-refractivity contribution in [3.8, 4) is 5.75 Å². The summed E-state index contributed by atoms with van der Waals surface area (Å²) in [4.78, 5) is 26.3. The molecule has 108 valence electrons. The average molecular weight is 289 g/mol. The number of nitrogens with one attached hydrogen (secondary N) is 2. The Morgan fingerprint density at radius 2 is 2.24 bits per heavy atom. The number of hydrogen-bond acceptors (Lipinski definition) is 6. The van der Waals surface area contributed by atoms with Crippen LogP contribution in [0.1, 0.15) is 35.2 Å². The maximum absolute atomic E-state index is 12.0. The second-order valence-corrected chi connectivity index (χ2v) is 4.70. The molecule has 0 unspecified atom stereocenters. The molecule has 0 bridgehead atoms. The van der Waals surface area contributed by atoms with Gasteiger partial charge in [0, 0.05) is 12.0 Å². The lowest BCUT2D eigenvalue weighted by molar-refractivity contribution is -0.384. The number of amides is 1. The van der Waals surface area contributed by atoms with Crippen molar-refractivity contribution in [1.82, 2.24) is 15.2 Å². The minimum absolute atomic E-state index is 0.116. The SMILES string of the molecule is O=C(Nc1c(O)cccc1[N+](=O)[O-])c1n[nH]c(C2CC2)n1. The van der Waals surface area contributed by atoms with E-state index >= 15 is 0 Å². The monoisotopic (exact) mass is 289 g/mol. The number of H-pyrrole nitrogens is 1. The zero-order valence-electron chi connectivity index (χ0n) is 10.7. The van der Waals surface area contributed by atoms with Gasteiger partial charge in [-0.2, -0.15) is 0 Å². The fourth-order valence-electron chi connectivity index (χ4n) is 1.89. The maximum Gasteiger partial charge on any atom is 0.296 e. The summed E-state index contributed by atoms with van der Waals surface area (Å²) < 4.78 is 0. The Balaban J connectivity index is 1.85.